The molecule has 1 aliphatic heterocycles. The summed E-state index contributed by atoms with van der Waals surface area (Å²) in [6.07, 6.45) is 9.25. The molecule has 2 N–H and O–H groups in total. The van der Waals surface area contributed by atoms with Crippen LogP contribution < -0.4 is 5.32 Å². The largest absolute Gasteiger partial charge is 0.393 e. The first kappa shape index (κ1) is 24.9. The molecule has 0 bridgehead atoms. The van der Waals surface area contributed by atoms with Gasteiger partial charge >= 0.3 is 0 Å². The Hall–Kier alpha value is -2.76. The topological polar surface area (TPSA) is 65.5 Å². The number of rotatable bonds is 8. The van der Waals surface area contributed by atoms with E-state index in [1.165, 1.54) is 48.4 Å². The number of piperidine rings is 1. The highest BCUT2D eigenvalue weighted by Crippen LogP contribution is 2.40. The molecular weight excluding hydrogens is 446 g/mol. The second-order valence-corrected chi connectivity index (χ2v) is 10.8. The van der Waals surface area contributed by atoms with Crippen LogP contribution in [0.1, 0.15) is 85.4 Å². The molecule has 5 heteroatoms. The molecule has 1 saturated heterocycles. The Morgan fingerprint density at radius 3 is 2.64 bits per heavy atom. The SMILES string of the molecule is CC(NCCCC1CCC(c2ccc(C(=O)N3CCC(O)CC3)cc2)C1)c1nccc2ccccc12. The smallest absolute Gasteiger partial charge is 0.253 e. The molecule has 2 aromatic carbocycles. The Morgan fingerprint density at radius 2 is 1.83 bits per heavy atom. The van der Waals surface area contributed by atoms with Crippen molar-refractivity contribution in [2.45, 2.75) is 69.9 Å². The zero-order valence-electron chi connectivity index (χ0n) is 21.4. The first-order valence-corrected chi connectivity index (χ1v) is 13.7. The number of nitrogens with one attached hydrogen (secondary N) is 1. The number of hydrogen-bond donors (Lipinski definition) is 2. The second-order valence-electron chi connectivity index (χ2n) is 10.8. The van der Waals surface area contributed by atoms with Crippen LogP contribution in [-0.2, 0) is 0 Å². The van der Waals surface area contributed by atoms with Crippen molar-refractivity contribution < 1.29 is 9.90 Å². The summed E-state index contributed by atoms with van der Waals surface area (Å²) in [6.45, 7) is 4.53. The lowest BCUT2D eigenvalue weighted by atomic mass is 9.94. The normalized spacial score (nSPS) is 21.7. The lowest BCUT2D eigenvalue weighted by Gasteiger charge is -2.29. The molecule has 1 saturated carbocycles. The zero-order chi connectivity index (χ0) is 24.9. The van der Waals surface area contributed by atoms with E-state index in [0.717, 1.165) is 23.7 Å². The number of nitrogens with zero attached hydrogens (tertiary/aromatic N) is 2. The van der Waals surface area contributed by atoms with Gasteiger partial charge < -0.3 is 15.3 Å². The quantitative estimate of drug-likeness (QED) is 0.393. The van der Waals surface area contributed by atoms with Gasteiger partial charge in [0, 0.05) is 36.3 Å². The molecule has 5 rings (SSSR count). The molecule has 1 aliphatic carbocycles. The fourth-order valence-corrected chi connectivity index (χ4v) is 6.08. The summed E-state index contributed by atoms with van der Waals surface area (Å²) in [7, 11) is 0. The Labute approximate surface area is 214 Å². The predicted octanol–water partition coefficient (Wildman–Crippen LogP) is 5.85. The van der Waals surface area contributed by atoms with E-state index in [0.29, 0.717) is 31.8 Å². The minimum absolute atomic E-state index is 0.0955. The van der Waals surface area contributed by atoms with Gasteiger partial charge in [-0.05, 0) is 99.4 Å². The van der Waals surface area contributed by atoms with Crippen LogP contribution in [0.5, 0.6) is 0 Å². The highest BCUT2D eigenvalue weighted by Gasteiger charge is 2.26. The molecule has 190 valence electrons. The number of benzene rings is 2. The lowest BCUT2D eigenvalue weighted by molar-refractivity contribution is 0.0546. The number of carbonyl (C=O) groups excluding carboxylic acids is 1. The van der Waals surface area contributed by atoms with E-state index in [1.807, 2.05) is 23.2 Å². The van der Waals surface area contributed by atoms with Crippen LogP contribution in [0.3, 0.4) is 0 Å². The molecule has 2 fully saturated rings. The summed E-state index contributed by atoms with van der Waals surface area (Å²) in [4.78, 5) is 19.3. The molecule has 36 heavy (non-hydrogen) atoms. The van der Waals surface area contributed by atoms with Crippen LogP contribution in [0.2, 0.25) is 0 Å². The highest BCUT2D eigenvalue weighted by atomic mass is 16.3. The Kier molecular flexibility index (Phi) is 7.98. The maximum absolute atomic E-state index is 12.8. The number of aliphatic hydroxyl groups is 1. The molecule has 5 nitrogen and oxygen atoms in total. The highest BCUT2D eigenvalue weighted by molar-refractivity contribution is 5.94. The van der Waals surface area contributed by atoms with Crippen molar-refractivity contribution in [1.29, 1.82) is 0 Å². The number of aromatic nitrogens is 1. The maximum atomic E-state index is 12.8. The van der Waals surface area contributed by atoms with E-state index in [9.17, 15) is 9.90 Å². The minimum Gasteiger partial charge on any atom is -0.393 e. The van der Waals surface area contributed by atoms with E-state index < -0.39 is 0 Å². The van der Waals surface area contributed by atoms with Crippen molar-refractivity contribution in [2.75, 3.05) is 19.6 Å². The number of fused-ring (bicyclic) bond motifs is 1. The molecule has 0 spiro atoms. The fourth-order valence-electron chi connectivity index (χ4n) is 6.08. The van der Waals surface area contributed by atoms with Gasteiger partial charge in [-0.15, -0.1) is 0 Å². The van der Waals surface area contributed by atoms with Gasteiger partial charge in [0.25, 0.3) is 5.91 Å². The van der Waals surface area contributed by atoms with Crippen molar-refractivity contribution in [3.63, 3.8) is 0 Å². The summed E-state index contributed by atoms with van der Waals surface area (Å²) in [5.74, 6) is 1.48. The number of carbonyl (C=O) groups is 1. The molecule has 3 atom stereocenters. The van der Waals surface area contributed by atoms with Gasteiger partial charge in [-0.2, -0.15) is 0 Å². The number of pyridine rings is 1. The average molecular weight is 486 g/mol. The van der Waals surface area contributed by atoms with Crippen molar-refractivity contribution >= 4 is 16.7 Å². The van der Waals surface area contributed by atoms with Crippen LogP contribution in [0, 0.1) is 5.92 Å². The Morgan fingerprint density at radius 1 is 1.06 bits per heavy atom. The summed E-state index contributed by atoms with van der Waals surface area (Å²) >= 11 is 0. The summed E-state index contributed by atoms with van der Waals surface area (Å²) in [5, 5.41) is 15.9. The van der Waals surface area contributed by atoms with Gasteiger partial charge in [-0.3, -0.25) is 9.78 Å². The summed E-state index contributed by atoms with van der Waals surface area (Å²) < 4.78 is 0. The number of likely N-dealkylation sites (tertiary alicyclic amines) is 1. The van der Waals surface area contributed by atoms with Gasteiger partial charge in [0.2, 0.25) is 0 Å². The summed E-state index contributed by atoms with van der Waals surface area (Å²) in [6, 6.07) is 19.1. The Bertz CT molecular complexity index is 1150. The van der Waals surface area contributed by atoms with Gasteiger partial charge in [0.1, 0.15) is 0 Å². The molecule has 1 aromatic heterocycles. The molecule has 2 aliphatic rings. The molecule has 2 heterocycles. The van der Waals surface area contributed by atoms with E-state index >= 15 is 0 Å². The third-order valence-electron chi connectivity index (χ3n) is 8.28. The number of hydrogen-bond acceptors (Lipinski definition) is 4. The molecule has 3 unspecified atom stereocenters. The van der Waals surface area contributed by atoms with Crippen LogP contribution in [0.25, 0.3) is 10.8 Å². The summed E-state index contributed by atoms with van der Waals surface area (Å²) in [5.41, 5.74) is 3.27. The fraction of sp³-hybridized carbons (Fsp3) is 0.484. The first-order chi connectivity index (χ1) is 17.6. The Balaban J connectivity index is 1.06. The van der Waals surface area contributed by atoms with E-state index in [4.69, 9.17) is 0 Å². The van der Waals surface area contributed by atoms with E-state index in [2.05, 4.69) is 59.7 Å². The molecular formula is C31H39N3O2. The standard InChI is InChI=1S/C31H39N3O2/c1-22(30-29-7-3-2-6-25(29)14-18-33-30)32-17-4-5-23-8-9-27(21-23)24-10-12-26(13-11-24)31(36)34-19-15-28(35)16-20-34/h2-3,6-7,10-14,18,22-23,27-28,32,35H,4-5,8-9,15-17,19-21H2,1H3. The van der Waals surface area contributed by atoms with Gasteiger partial charge in [-0.25, -0.2) is 0 Å². The first-order valence-electron chi connectivity index (χ1n) is 13.7. The van der Waals surface area contributed by atoms with E-state index in [-0.39, 0.29) is 18.1 Å². The number of amides is 1. The van der Waals surface area contributed by atoms with Crippen molar-refractivity contribution in [3.05, 3.63) is 77.6 Å². The van der Waals surface area contributed by atoms with Crippen LogP contribution >= 0.6 is 0 Å². The van der Waals surface area contributed by atoms with Crippen LogP contribution in [0.4, 0.5) is 0 Å². The molecule has 3 aromatic rings. The molecule has 1 amide bonds. The minimum atomic E-state index is -0.257. The van der Waals surface area contributed by atoms with Gasteiger partial charge in [0.15, 0.2) is 0 Å². The van der Waals surface area contributed by atoms with Gasteiger partial charge in [-0.1, -0.05) is 36.4 Å². The number of aliphatic hydroxyl groups excluding tert-OH is 1. The van der Waals surface area contributed by atoms with Crippen LogP contribution in [0.15, 0.2) is 60.8 Å². The predicted molar refractivity (Wildman–Crippen MR) is 145 cm³/mol. The maximum Gasteiger partial charge on any atom is 0.253 e. The van der Waals surface area contributed by atoms with Crippen molar-refractivity contribution in [1.82, 2.24) is 15.2 Å². The third-order valence-corrected chi connectivity index (χ3v) is 8.28. The molecule has 0 radical (unpaired) electrons. The van der Waals surface area contributed by atoms with E-state index in [1.54, 1.807) is 0 Å². The average Bonchev–Trinajstić information content (AvgIpc) is 3.40. The third kappa shape index (κ3) is 5.79. The van der Waals surface area contributed by atoms with Crippen molar-refractivity contribution in [2.24, 2.45) is 5.92 Å². The monoisotopic (exact) mass is 485 g/mol. The van der Waals surface area contributed by atoms with Crippen molar-refractivity contribution in [3.8, 4) is 0 Å². The lowest BCUT2D eigenvalue weighted by Crippen LogP contribution is -2.40. The second kappa shape index (κ2) is 11.5. The zero-order valence-corrected chi connectivity index (χ0v) is 21.4. The van der Waals surface area contributed by atoms with Gasteiger partial charge in [0.05, 0.1) is 11.8 Å². The van der Waals surface area contributed by atoms with Crippen LogP contribution in [-0.4, -0.2) is 46.6 Å².